The summed E-state index contributed by atoms with van der Waals surface area (Å²) < 4.78 is 0. The highest BCUT2D eigenvalue weighted by Crippen LogP contribution is 2.56. The van der Waals surface area contributed by atoms with E-state index < -0.39 is 0 Å². The Labute approximate surface area is 69.4 Å². The summed E-state index contributed by atoms with van der Waals surface area (Å²) in [5.74, 6) is 4.76. The molecule has 3 aliphatic rings. The van der Waals surface area contributed by atoms with Crippen LogP contribution in [0.5, 0.6) is 0 Å². The SMILES string of the molecule is C1C[C@H]2C[C@@H]3CCC[C@@H]3[C@H]2C1. The summed E-state index contributed by atoms with van der Waals surface area (Å²) >= 11 is 0. The van der Waals surface area contributed by atoms with E-state index in [-0.39, 0.29) is 0 Å². The topological polar surface area (TPSA) is 0 Å². The normalized spacial score (nSPS) is 54.5. The van der Waals surface area contributed by atoms with Crippen LogP contribution in [0.3, 0.4) is 0 Å². The van der Waals surface area contributed by atoms with Crippen molar-refractivity contribution in [2.75, 3.05) is 0 Å². The highest BCUT2D eigenvalue weighted by Gasteiger charge is 2.46. The molecule has 0 aromatic carbocycles. The second-order valence-electron chi connectivity index (χ2n) is 4.95. The predicted octanol–water partition coefficient (Wildman–Crippen LogP) is 3.22. The van der Waals surface area contributed by atoms with Gasteiger partial charge in [0.1, 0.15) is 0 Å². The van der Waals surface area contributed by atoms with Crippen LogP contribution >= 0.6 is 0 Å². The second kappa shape index (κ2) is 2.24. The van der Waals surface area contributed by atoms with Crippen molar-refractivity contribution >= 4 is 0 Å². The summed E-state index contributed by atoms with van der Waals surface area (Å²) in [6.07, 6.45) is 11.1. The Kier molecular flexibility index (Phi) is 1.33. The smallest absolute Gasteiger partial charge is 0.0355 e. The van der Waals surface area contributed by atoms with Gasteiger partial charge in [0.15, 0.2) is 0 Å². The molecule has 3 saturated carbocycles. The molecule has 0 unspecified atom stereocenters. The first-order valence-electron chi connectivity index (χ1n) is 5.45. The molecule has 0 bridgehead atoms. The summed E-state index contributed by atoms with van der Waals surface area (Å²) in [5.41, 5.74) is 0. The maximum atomic E-state index is 1.62. The summed E-state index contributed by atoms with van der Waals surface area (Å²) in [4.78, 5) is 0. The van der Waals surface area contributed by atoms with Gasteiger partial charge >= 0.3 is 0 Å². The maximum Gasteiger partial charge on any atom is -0.0355 e. The van der Waals surface area contributed by atoms with Crippen molar-refractivity contribution in [2.24, 2.45) is 23.7 Å². The molecule has 4 atom stereocenters. The van der Waals surface area contributed by atoms with Gasteiger partial charge in [0, 0.05) is 0 Å². The fourth-order valence-corrected chi connectivity index (χ4v) is 4.23. The van der Waals surface area contributed by atoms with Gasteiger partial charge in [-0.25, -0.2) is 0 Å². The van der Waals surface area contributed by atoms with E-state index in [1.807, 2.05) is 0 Å². The van der Waals surface area contributed by atoms with Crippen molar-refractivity contribution in [3.8, 4) is 0 Å². The molecule has 0 aromatic heterocycles. The zero-order valence-corrected chi connectivity index (χ0v) is 7.26. The van der Waals surface area contributed by atoms with Gasteiger partial charge in [0.2, 0.25) is 0 Å². The van der Waals surface area contributed by atoms with Gasteiger partial charge in [0.25, 0.3) is 0 Å². The second-order valence-corrected chi connectivity index (χ2v) is 4.95. The van der Waals surface area contributed by atoms with Crippen LogP contribution in [-0.2, 0) is 0 Å². The third kappa shape index (κ3) is 0.816. The van der Waals surface area contributed by atoms with Crippen molar-refractivity contribution in [3.05, 3.63) is 0 Å². The molecule has 3 rings (SSSR count). The standard InChI is InChI=1S/C11H18/c1-3-8-7-9-4-2-6-11(9)10(8)5-1/h8-11H,1-7H2/t8-,9-,10-,11-/m0/s1. The van der Waals surface area contributed by atoms with Crippen LogP contribution in [0.1, 0.15) is 44.9 Å². The van der Waals surface area contributed by atoms with Crippen molar-refractivity contribution in [1.29, 1.82) is 0 Å². The molecule has 0 amide bonds. The Morgan fingerprint density at radius 3 is 1.73 bits per heavy atom. The van der Waals surface area contributed by atoms with Crippen molar-refractivity contribution in [2.45, 2.75) is 44.9 Å². The lowest BCUT2D eigenvalue weighted by Gasteiger charge is -2.15. The van der Waals surface area contributed by atoms with E-state index in [0.29, 0.717) is 0 Å². The Balaban J connectivity index is 1.84. The number of hydrogen-bond acceptors (Lipinski definition) is 0. The first kappa shape index (κ1) is 6.51. The minimum absolute atomic E-state index is 1.19. The van der Waals surface area contributed by atoms with E-state index in [1.165, 1.54) is 23.7 Å². The largest absolute Gasteiger partial charge is 0.0527 e. The molecule has 0 N–H and O–H groups in total. The van der Waals surface area contributed by atoms with Crippen LogP contribution in [-0.4, -0.2) is 0 Å². The third-order valence-electron chi connectivity index (χ3n) is 4.59. The lowest BCUT2D eigenvalue weighted by molar-refractivity contribution is 0.334. The number of fused-ring (bicyclic) bond motifs is 3. The van der Waals surface area contributed by atoms with Crippen LogP contribution < -0.4 is 0 Å². The van der Waals surface area contributed by atoms with Gasteiger partial charge in [-0.1, -0.05) is 25.7 Å². The fraction of sp³-hybridized carbons (Fsp3) is 1.00. The molecule has 0 heteroatoms. The molecule has 0 aromatic rings. The van der Waals surface area contributed by atoms with Gasteiger partial charge in [-0.3, -0.25) is 0 Å². The van der Waals surface area contributed by atoms with E-state index in [4.69, 9.17) is 0 Å². The van der Waals surface area contributed by atoms with Crippen LogP contribution in [0.2, 0.25) is 0 Å². The molecular formula is C11H18. The van der Waals surface area contributed by atoms with Gasteiger partial charge in [0.05, 0.1) is 0 Å². The maximum absolute atomic E-state index is 1.62. The highest BCUT2D eigenvalue weighted by atomic mass is 14.5. The Hall–Kier alpha value is 0. The van der Waals surface area contributed by atoms with E-state index in [0.717, 1.165) is 0 Å². The van der Waals surface area contributed by atoms with Gasteiger partial charge in [-0.05, 0) is 42.9 Å². The van der Waals surface area contributed by atoms with Crippen LogP contribution in [0.4, 0.5) is 0 Å². The Morgan fingerprint density at radius 1 is 0.636 bits per heavy atom. The molecule has 11 heavy (non-hydrogen) atoms. The average Bonchev–Trinajstić information content (AvgIpc) is 2.52. The molecule has 0 heterocycles. The fourth-order valence-electron chi connectivity index (χ4n) is 4.23. The first-order valence-corrected chi connectivity index (χ1v) is 5.45. The summed E-state index contributed by atoms with van der Waals surface area (Å²) in [5, 5.41) is 0. The molecular weight excluding hydrogens is 132 g/mol. The van der Waals surface area contributed by atoms with E-state index in [9.17, 15) is 0 Å². The highest BCUT2D eigenvalue weighted by molar-refractivity contribution is 4.96. The molecule has 0 saturated heterocycles. The molecule has 0 aliphatic heterocycles. The van der Waals surface area contributed by atoms with E-state index in [1.54, 1.807) is 44.9 Å². The van der Waals surface area contributed by atoms with Crippen LogP contribution in [0.25, 0.3) is 0 Å². The minimum Gasteiger partial charge on any atom is -0.0527 e. The lowest BCUT2D eigenvalue weighted by atomic mass is 9.90. The van der Waals surface area contributed by atoms with E-state index in [2.05, 4.69) is 0 Å². The predicted molar refractivity (Wildman–Crippen MR) is 46.3 cm³/mol. The minimum atomic E-state index is 1.19. The van der Waals surface area contributed by atoms with Gasteiger partial charge < -0.3 is 0 Å². The number of rotatable bonds is 0. The van der Waals surface area contributed by atoms with Crippen molar-refractivity contribution in [1.82, 2.24) is 0 Å². The van der Waals surface area contributed by atoms with Crippen LogP contribution in [0.15, 0.2) is 0 Å². The van der Waals surface area contributed by atoms with Crippen LogP contribution in [0, 0.1) is 23.7 Å². The molecule has 0 radical (unpaired) electrons. The molecule has 0 spiro atoms. The van der Waals surface area contributed by atoms with Crippen molar-refractivity contribution in [3.63, 3.8) is 0 Å². The van der Waals surface area contributed by atoms with Crippen molar-refractivity contribution < 1.29 is 0 Å². The summed E-state index contributed by atoms with van der Waals surface area (Å²) in [6.45, 7) is 0. The summed E-state index contributed by atoms with van der Waals surface area (Å²) in [7, 11) is 0. The Bertz CT molecular complexity index is 143. The zero-order valence-electron chi connectivity index (χ0n) is 7.26. The number of hydrogen-bond donors (Lipinski definition) is 0. The summed E-state index contributed by atoms with van der Waals surface area (Å²) in [6, 6.07) is 0. The quantitative estimate of drug-likeness (QED) is 0.497. The third-order valence-corrected chi connectivity index (χ3v) is 4.59. The zero-order chi connectivity index (χ0) is 7.26. The molecule has 3 fully saturated rings. The molecule has 62 valence electrons. The van der Waals surface area contributed by atoms with Gasteiger partial charge in [-0.15, -0.1) is 0 Å². The molecule has 0 nitrogen and oxygen atoms in total. The monoisotopic (exact) mass is 150 g/mol. The van der Waals surface area contributed by atoms with Gasteiger partial charge in [-0.2, -0.15) is 0 Å². The Morgan fingerprint density at radius 2 is 1.18 bits per heavy atom. The van der Waals surface area contributed by atoms with E-state index >= 15 is 0 Å². The molecule has 3 aliphatic carbocycles. The average molecular weight is 150 g/mol. The lowest BCUT2D eigenvalue weighted by Crippen LogP contribution is -2.08. The first-order chi connectivity index (χ1) is 5.45.